The van der Waals surface area contributed by atoms with Gasteiger partial charge < -0.3 is 15.0 Å². The normalized spacial score (nSPS) is 21.0. The van der Waals surface area contributed by atoms with Gasteiger partial charge in [-0.2, -0.15) is 4.31 Å². The number of benzene rings is 2. The molecule has 1 saturated heterocycles. The lowest BCUT2D eigenvalue weighted by Gasteiger charge is -2.30. The van der Waals surface area contributed by atoms with Crippen molar-refractivity contribution in [2.75, 3.05) is 30.4 Å². The average Bonchev–Trinajstić information content (AvgIpc) is 3.65. The predicted octanol–water partition coefficient (Wildman–Crippen LogP) is 3.42. The van der Waals surface area contributed by atoms with Crippen LogP contribution in [0, 0.1) is 11.8 Å². The smallest absolute Gasteiger partial charge is 0.243 e. The summed E-state index contributed by atoms with van der Waals surface area (Å²) in [5.41, 5.74) is 2.40. The van der Waals surface area contributed by atoms with Crippen LogP contribution in [0.3, 0.4) is 0 Å². The number of piperidine rings is 1. The summed E-state index contributed by atoms with van der Waals surface area (Å²) in [6.07, 6.45) is 3.46. The van der Waals surface area contributed by atoms with Crippen LogP contribution in [0.15, 0.2) is 47.4 Å². The summed E-state index contributed by atoms with van der Waals surface area (Å²) in [7, 11) is -2.11. The number of rotatable bonds is 6. The van der Waals surface area contributed by atoms with Gasteiger partial charge in [0.1, 0.15) is 5.75 Å². The minimum absolute atomic E-state index is 0.0369. The summed E-state index contributed by atoms with van der Waals surface area (Å²) in [6.45, 7) is 2.59. The summed E-state index contributed by atoms with van der Waals surface area (Å²) < 4.78 is 33.4. The van der Waals surface area contributed by atoms with E-state index >= 15 is 0 Å². The largest absolute Gasteiger partial charge is 0.497 e. The monoisotopic (exact) mass is 497 g/mol. The molecule has 1 N–H and O–H groups in total. The second-order valence-electron chi connectivity index (χ2n) is 9.73. The Bertz CT molecular complexity index is 1250. The van der Waals surface area contributed by atoms with Crippen molar-refractivity contribution < 1.29 is 22.7 Å². The van der Waals surface area contributed by atoms with E-state index in [0.717, 1.165) is 24.1 Å². The Morgan fingerprint density at radius 1 is 1.00 bits per heavy atom. The zero-order valence-corrected chi connectivity index (χ0v) is 20.9. The van der Waals surface area contributed by atoms with Gasteiger partial charge in [0.15, 0.2) is 0 Å². The molecule has 1 aliphatic carbocycles. The minimum atomic E-state index is -3.68. The number of hydrogen-bond acceptors (Lipinski definition) is 5. The maximum atomic E-state index is 13.4. The molecule has 9 heteroatoms. The van der Waals surface area contributed by atoms with Crippen LogP contribution >= 0.6 is 0 Å². The lowest BCUT2D eigenvalue weighted by molar-refractivity contribution is -0.121. The summed E-state index contributed by atoms with van der Waals surface area (Å²) in [5, 5.41) is 2.91. The molecular formula is C26H31N3O5S. The van der Waals surface area contributed by atoms with Crippen LogP contribution in [-0.4, -0.2) is 50.8 Å². The number of amides is 2. The number of ether oxygens (including phenoxy) is 1. The molecule has 2 aromatic carbocycles. The number of nitrogens with zero attached hydrogens (tertiary/aromatic N) is 2. The van der Waals surface area contributed by atoms with Crippen molar-refractivity contribution in [3.63, 3.8) is 0 Å². The molecule has 1 saturated carbocycles. The molecule has 0 aromatic heterocycles. The highest BCUT2D eigenvalue weighted by Gasteiger charge is 2.40. The number of hydrogen-bond donors (Lipinski definition) is 1. The van der Waals surface area contributed by atoms with Crippen LogP contribution in [0.25, 0.3) is 0 Å². The molecule has 3 aliphatic rings. The number of methoxy groups -OCH3 is 1. The topological polar surface area (TPSA) is 96.0 Å². The molecule has 35 heavy (non-hydrogen) atoms. The first kappa shape index (κ1) is 23.8. The highest BCUT2D eigenvalue weighted by molar-refractivity contribution is 7.89. The highest BCUT2D eigenvalue weighted by atomic mass is 32.2. The second-order valence-corrected chi connectivity index (χ2v) is 11.7. The fourth-order valence-electron chi connectivity index (χ4n) is 5.08. The van der Waals surface area contributed by atoms with E-state index in [1.165, 1.54) is 4.31 Å². The van der Waals surface area contributed by atoms with Gasteiger partial charge >= 0.3 is 0 Å². The molecule has 0 bridgehead atoms. The van der Waals surface area contributed by atoms with Crippen LogP contribution in [0.1, 0.15) is 38.2 Å². The van der Waals surface area contributed by atoms with E-state index in [2.05, 4.69) is 5.32 Å². The molecule has 0 spiro atoms. The third-order valence-electron chi connectivity index (χ3n) is 7.23. The number of carbonyl (C=O) groups is 2. The third-order valence-corrected chi connectivity index (χ3v) is 9.13. The lowest BCUT2D eigenvalue weighted by atomic mass is 9.97. The average molecular weight is 498 g/mol. The van der Waals surface area contributed by atoms with Crippen LogP contribution in [0.4, 0.5) is 11.4 Å². The van der Waals surface area contributed by atoms with Crippen molar-refractivity contribution >= 4 is 33.2 Å². The summed E-state index contributed by atoms with van der Waals surface area (Å²) in [5.74, 6) is 0.570. The van der Waals surface area contributed by atoms with Gasteiger partial charge in [-0.15, -0.1) is 0 Å². The molecule has 5 rings (SSSR count). The van der Waals surface area contributed by atoms with Gasteiger partial charge in [-0.05, 0) is 74.9 Å². The SMILES string of the molecule is COc1cccc(NC(=O)C2CCN(S(=O)(=O)c3ccc4c(c3)C[C@@H](C)N4C(=O)C3CC3)CC2)c1. The Balaban J connectivity index is 1.24. The lowest BCUT2D eigenvalue weighted by Crippen LogP contribution is -2.41. The fraction of sp³-hybridized carbons (Fsp3) is 0.462. The van der Waals surface area contributed by atoms with E-state index in [1.54, 1.807) is 43.5 Å². The molecule has 2 fully saturated rings. The zero-order valence-electron chi connectivity index (χ0n) is 20.1. The summed E-state index contributed by atoms with van der Waals surface area (Å²) in [4.78, 5) is 27.5. The Kier molecular flexibility index (Phi) is 6.31. The van der Waals surface area contributed by atoms with Gasteiger partial charge in [0.05, 0.1) is 12.0 Å². The van der Waals surface area contributed by atoms with Gasteiger partial charge in [0.2, 0.25) is 21.8 Å². The Hall–Kier alpha value is -2.91. The van der Waals surface area contributed by atoms with Crippen LogP contribution in [0.5, 0.6) is 5.75 Å². The summed E-state index contributed by atoms with van der Waals surface area (Å²) >= 11 is 0. The van der Waals surface area contributed by atoms with Gasteiger partial charge in [-0.25, -0.2) is 8.42 Å². The van der Waals surface area contributed by atoms with E-state index in [-0.39, 0.29) is 47.7 Å². The zero-order chi connectivity index (χ0) is 24.7. The van der Waals surface area contributed by atoms with E-state index < -0.39 is 10.0 Å². The first-order valence-electron chi connectivity index (χ1n) is 12.2. The predicted molar refractivity (Wildman–Crippen MR) is 133 cm³/mol. The number of anilines is 2. The number of fused-ring (bicyclic) bond motifs is 1. The van der Waals surface area contributed by atoms with Crippen LogP contribution in [-0.2, 0) is 26.0 Å². The Morgan fingerprint density at radius 2 is 1.74 bits per heavy atom. The minimum Gasteiger partial charge on any atom is -0.497 e. The van der Waals surface area contributed by atoms with E-state index in [1.807, 2.05) is 17.9 Å². The maximum Gasteiger partial charge on any atom is 0.243 e. The third kappa shape index (κ3) is 4.67. The van der Waals surface area contributed by atoms with Gasteiger partial charge in [0, 0.05) is 48.4 Å². The van der Waals surface area contributed by atoms with Crippen molar-refractivity contribution in [2.45, 2.75) is 50.0 Å². The Morgan fingerprint density at radius 3 is 2.43 bits per heavy atom. The molecule has 0 unspecified atom stereocenters. The van der Waals surface area contributed by atoms with E-state index in [9.17, 15) is 18.0 Å². The highest BCUT2D eigenvalue weighted by Crippen LogP contribution is 2.40. The van der Waals surface area contributed by atoms with Gasteiger partial charge in [-0.1, -0.05) is 6.07 Å². The van der Waals surface area contributed by atoms with Gasteiger partial charge in [-0.3, -0.25) is 9.59 Å². The first-order valence-corrected chi connectivity index (χ1v) is 13.6. The fourth-order valence-corrected chi connectivity index (χ4v) is 6.60. The number of sulfonamides is 1. The van der Waals surface area contributed by atoms with Crippen molar-refractivity contribution in [1.29, 1.82) is 0 Å². The molecular weight excluding hydrogens is 466 g/mol. The van der Waals surface area contributed by atoms with Crippen molar-refractivity contribution in [1.82, 2.24) is 4.31 Å². The standard InChI is InChI=1S/C26H31N3O5S/c1-17-14-20-15-23(8-9-24(20)29(17)26(31)19-6-7-19)35(32,33)28-12-10-18(11-13-28)25(30)27-21-4-3-5-22(16-21)34-2/h3-5,8-9,15-19H,6-7,10-14H2,1-2H3,(H,27,30)/t17-/m1/s1. The molecule has 2 aromatic rings. The van der Waals surface area contributed by atoms with Crippen molar-refractivity contribution in [3.8, 4) is 5.75 Å². The Labute approximate surface area is 206 Å². The number of nitrogens with one attached hydrogen (secondary N) is 1. The molecule has 0 radical (unpaired) electrons. The summed E-state index contributed by atoms with van der Waals surface area (Å²) in [6, 6.07) is 12.3. The molecule has 186 valence electrons. The second kappa shape index (κ2) is 9.28. The number of carbonyl (C=O) groups excluding carboxylic acids is 2. The quantitative estimate of drug-likeness (QED) is 0.660. The van der Waals surface area contributed by atoms with E-state index in [0.29, 0.717) is 30.7 Å². The van der Waals surface area contributed by atoms with Crippen molar-refractivity contribution in [3.05, 3.63) is 48.0 Å². The molecule has 8 nitrogen and oxygen atoms in total. The molecule has 1 atom stereocenters. The van der Waals surface area contributed by atoms with Crippen LogP contribution in [0.2, 0.25) is 0 Å². The maximum absolute atomic E-state index is 13.4. The molecule has 2 aliphatic heterocycles. The molecule has 2 amide bonds. The van der Waals surface area contributed by atoms with Crippen LogP contribution < -0.4 is 15.0 Å². The molecule has 2 heterocycles. The van der Waals surface area contributed by atoms with Gasteiger partial charge in [0.25, 0.3) is 0 Å². The first-order chi connectivity index (χ1) is 16.8. The van der Waals surface area contributed by atoms with E-state index in [4.69, 9.17) is 4.74 Å². The van der Waals surface area contributed by atoms with Crippen molar-refractivity contribution in [2.24, 2.45) is 11.8 Å².